The van der Waals surface area contributed by atoms with Crippen molar-refractivity contribution in [1.82, 2.24) is 20.2 Å². The summed E-state index contributed by atoms with van der Waals surface area (Å²) in [5.41, 5.74) is 0.721. The van der Waals surface area contributed by atoms with Gasteiger partial charge in [-0.05, 0) is 24.3 Å². The van der Waals surface area contributed by atoms with E-state index in [1.165, 1.54) is 0 Å². The van der Waals surface area contributed by atoms with Crippen LogP contribution < -0.4 is 5.32 Å². The van der Waals surface area contributed by atoms with Gasteiger partial charge in [-0.2, -0.15) is 0 Å². The zero-order chi connectivity index (χ0) is 15.4. The van der Waals surface area contributed by atoms with Crippen LogP contribution in [0.25, 0.3) is 0 Å². The van der Waals surface area contributed by atoms with Crippen molar-refractivity contribution in [2.45, 2.75) is 6.04 Å². The number of Topliss-reactive ketones (excluding diaryl/α,β-unsaturated/α-hetero) is 1. The smallest absolute Gasteiger partial charge is 0.273 e. The molecule has 1 fully saturated rings. The molecule has 2 aromatic rings. The highest BCUT2D eigenvalue weighted by atomic mass is 16.2. The second-order valence-electron chi connectivity index (χ2n) is 5.01. The van der Waals surface area contributed by atoms with Crippen molar-refractivity contribution in [2.75, 3.05) is 19.6 Å². The van der Waals surface area contributed by atoms with Crippen LogP contribution in [0, 0.1) is 0 Å². The molecule has 3 heterocycles. The predicted octanol–water partition coefficient (Wildman–Crippen LogP) is 0.773. The topological polar surface area (TPSA) is 75.2 Å². The summed E-state index contributed by atoms with van der Waals surface area (Å²) in [7, 11) is 0. The maximum atomic E-state index is 12.6. The van der Waals surface area contributed by atoms with Crippen LogP contribution in [0.1, 0.15) is 21.0 Å². The van der Waals surface area contributed by atoms with E-state index in [-0.39, 0.29) is 11.7 Å². The Balaban J connectivity index is 1.86. The number of amides is 1. The second-order valence-corrected chi connectivity index (χ2v) is 5.01. The lowest BCUT2D eigenvalue weighted by atomic mass is 10.0. The summed E-state index contributed by atoms with van der Waals surface area (Å²) < 4.78 is 0. The number of ketones is 1. The van der Waals surface area contributed by atoms with Crippen molar-refractivity contribution in [2.24, 2.45) is 0 Å². The molecule has 1 amide bonds. The summed E-state index contributed by atoms with van der Waals surface area (Å²) in [5, 5.41) is 3.16. The van der Waals surface area contributed by atoms with Gasteiger partial charge >= 0.3 is 0 Å². The number of pyridine rings is 2. The fraction of sp³-hybridized carbons (Fsp3) is 0.250. The molecule has 0 aliphatic carbocycles. The number of aromatic nitrogens is 2. The van der Waals surface area contributed by atoms with E-state index in [1.807, 2.05) is 0 Å². The summed E-state index contributed by atoms with van der Waals surface area (Å²) in [6.45, 7) is 1.55. The summed E-state index contributed by atoms with van der Waals surface area (Å²) in [6, 6.07) is 9.81. The van der Waals surface area contributed by atoms with E-state index in [1.54, 1.807) is 53.7 Å². The van der Waals surface area contributed by atoms with Gasteiger partial charge in [-0.1, -0.05) is 12.1 Å². The number of rotatable bonds is 3. The van der Waals surface area contributed by atoms with E-state index >= 15 is 0 Å². The first kappa shape index (κ1) is 14.3. The van der Waals surface area contributed by atoms with Crippen molar-refractivity contribution < 1.29 is 9.59 Å². The Morgan fingerprint density at radius 3 is 2.36 bits per heavy atom. The Bertz CT molecular complexity index is 601. The molecule has 1 saturated heterocycles. The van der Waals surface area contributed by atoms with E-state index in [0.29, 0.717) is 31.0 Å². The van der Waals surface area contributed by atoms with Crippen LogP contribution in [0.3, 0.4) is 0 Å². The van der Waals surface area contributed by atoms with E-state index in [4.69, 9.17) is 0 Å². The van der Waals surface area contributed by atoms with Gasteiger partial charge in [0, 0.05) is 32.0 Å². The molecule has 3 rings (SSSR count). The van der Waals surface area contributed by atoms with Crippen LogP contribution >= 0.6 is 0 Å². The third-order valence-electron chi connectivity index (χ3n) is 3.61. The van der Waals surface area contributed by atoms with Gasteiger partial charge in [-0.25, -0.2) is 0 Å². The summed E-state index contributed by atoms with van der Waals surface area (Å²) >= 11 is 0. The lowest BCUT2D eigenvalue weighted by molar-refractivity contribution is 0.0563. The fourth-order valence-electron chi connectivity index (χ4n) is 2.50. The minimum absolute atomic E-state index is 0.155. The number of carbonyl (C=O) groups is 2. The standard InChI is InChI=1S/C16H16N4O2/c21-15(12-5-1-3-7-18-12)14-11-17-9-10-20(14)16(22)13-6-2-4-8-19-13/h1-8,14,17H,9-11H2. The first-order chi connectivity index (χ1) is 10.8. The molecule has 1 aliphatic rings. The summed E-state index contributed by atoms with van der Waals surface area (Å²) in [5.74, 6) is -0.381. The van der Waals surface area contributed by atoms with Crippen molar-refractivity contribution in [3.05, 3.63) is 60.2 Å². The monoisotopic (exact) mass is 296 g/mol. The highest BCUT2D eigenvalue weighted by Gasteiger charge is 2.33. The van der Waals surface area contributed by atoms with Gasteiger partial charge in [0.1, 0.15) is 17.4 Å². The van der Waals surface area contributed by atoms with Crippen LogP contribution in [0.5, 0.6) is 0 Å². The van der Waals surface area contributed by atoms with Crippen molar-refractivity contribution >= 4 is 11.7 Å². The zero-order valence-electron chi connectivity index (χ0n) is 12.0. The lowest BCUT2D eigenvalue weighted by Gasteiger charge is -2.34. The highest BCUT2D eigenvalue weighted by Crippen LogP contribution is 2.13. The summed E-state index contributed by atoms with van der Waals surface area (Å²) in [6.07, 6.45) is 3.15. The Labute approximate surface area is 128 Å². The maximum absolute atomic E-state index is 12.6. The van der Waals surface area contributed by atoms with Crippen molar-refractivity contribution in [3.8, 4) is 0 Å². The summed E-state index contributed by atoms with van der Waals surface area (Å²) in [4.78, 5) is 35.0. The molecule has 22 heavy (non-hydrogen) atoms. The third kappa shape index (κ3) is 2.87. The molecule has 2 aromatic heterocycles. The first-order valence-corrected chi connectivity index (χ1v) is 7.15. The van der Waals surface area contributed by atoms with Crippen LogP contribution in [0.2, 0.25) is 0 Å². The Morgan fingerprint density at radius 2 is 1.73 bits per heavy atom. The van der Waals surface area contributed by atoms with Crippen LogP contribution in [-0.4, -0.2) is 52.2 Å². The van der Waals surface area contributed by atoms with Gasteiger partial charge in [0.05, 0.1) is 0 Å². The fourth-order valence-corrected chi connectivity index (χ4v) is 2.50. The van der Waals surface area contributed by atoms with E-state index in [2.05, 4.69) is 15.3 Å². The van der Waals surface area contributed by atoms with E-state index in [9.17, 15) is 9.59 Å². The highest BCUT2D eigenvalue weighted by molar-refractivity contribution is 6.03. The van der Waals surface area contributed by atoms with E-state index in [0.717, 1.165) is 0 Å². The molecule has 112 valence electrons. The molecule has 0 aromatic carbocycles. The normalized spacial score (nSPS) is 18.0. The molecule has 0 radical (unpaired) electrons. The number of nitrogens with zero attached hydrogens (tertiary/aromatic N) is 3. The molecule has 0 bridgehead atoms. The van der Waals surface area contributed by atoms with Gasteiger partial charge in [0.15, 0.2) is 0 Å². The van der Waals surface area contributed by atoms with Crippen LogP contribution in [-0.2, 0) is 0 Å². The molecule has 0 spiro atoms. The first-order valence-electron chi connectivity index (χ1n) is 7.15. The van der Waals surface area contributed by atoms with Gasteiger partial charge < -0.3 is 10.2 Å². The molecule has 1 unspecified atom stereocenters. The largest absolute Gasteiger partial charge is 0.324 e. The zero-order valence-corrected chi connectivity index (χ0v) is 12.0. The lowest BCUT2D eigenvalue weighted by Crippen LogP contribution is -2.57. The molecule has 6 heteroatoms. The Hall–Kier alpha value is -2.60. The van der Waals surface area contributed by atoms with Gasteiger partial charge in [-0.3, -0.25) is 19.6 Å². The molecular weight excluding hydrogens is 280 g/mol. The van der Waals surface area contributed by atoms with Gasteiger partial charge in [0.2, 0.25) is 5.78 Å². The Kier molecular flexibility index (Phi) is 4.20. The SMILES string of the molecule is O=C(c1ccccn1)C1CNCCN1C(=O)c1ccccn1. The van der Waals surface area contributed by atoms with E-state index < -0.39 is 6.04 Å². The minimum Gasteiger partial charge on any atom is -0.324 e. The van der Waals surface area contributed by atoms with Crippen molar-refractivity contribution in [1.29, 1.82) is 0 Å². The van der Waals surface area contributed by atoms with Gasteiger partial charge in [0.25, 0.3) is 5.91 Å². The maximum Gasteiger partial charge on any atom is 0.273 e. The number of carbonyl (C=O) groups excluding carboxylic acids is 2. The third-order valence-corrected chi connectivity index (χ3v) is 3.61. The quantitative estimate of drug-likeness (QED) is 0.847. The molecule has 0 saturated carbocycles. The molecular formula is C16H16N4O2. The molecule has 1 aliphatic heterocycles. The minimum atomic E-state index is -0.557. The average molecular weight is 296 g/mol. The second kappa shape index (κ2) is 6.44. The van der Waals surface area contributed by atoms with Crippen LogP contribution in [0.15, 0.2) is 48.8 Å². The molecule has 1 N–H and O–H groups in total. The number of piperazine rings is 1. The number of hydrogen-bond acceptors (Lipinski definition) is 5. The predicted molar refractivity (Wildman–Crippen MR) is 80.5 cm³/mol. The van der Waals surface area contributed by atoms with Gasteiger partial charge in [-0.15, -0.1) is 0 Å². The number of hydrogen-bond donors (Lipinski definition) is 1. The average Bonchev–Trinajstić information content (AvgIpc) is 2.62. The molecule has 1 atom stereocenters. The van der Waals surface area contributed by atoms with Crippen molar-refractivity contribution in [3.63, 3.8) is 0 Å². The van der Waals surface area contributed by atoms with Crippen LogP contribution in [0.4, 0.5) is 0 Å². The molecule has 6 nitrogen and oxygen atoms in total. The Morgan fingerprint density at radius 1 is 1.05 bits per heavy atom. The number of nitrogens with one attached hydrogen (secondary N) is 1.